The first-order valence-corrected chi connectivity index (χ1v) is 8.82. The van der Waals surface area contributed by atoms with Crippen LogP contribution >= 0.6 is 11.6 Å². The molecule has 0 spiro atoms. The molecule has 2 unspecified atom stereocenters. The Balaban J connectivity index is 1.85. The summed E-state index contributed by atoms with van der Waals surface area (Å²) in [6.45, 7) is 0. The minimum atomic E-state index is -3.67. The Kier molecular flexibility index (Phi) is 3.71. The summed E-state index contributed by atoms with van der Waals surface area (Å²) in [6, 6.07) is 5.58. The second-order valence-corrected chi connectivity index (χ2v) is 8.01. The molecule has 1 aromatic rings. The van der Waals surface area contributed by atoms with Gasteiger partial charge in [-0.15, -0.1) is 0 Å². The van der Waals surface area contributed by atoms with E-state index in [0.717, 1.165) is 19.3 Å². The van der Waals surface area contributed by atoms with Gasteiger partial charge in [0.1, 0.15) is 0 Å². The SMILES string of the molecule is NC(=O)C1C(NS(=O)(=O)c2ccc(Cl)cc2)[C@@H]2CC[C@H]1C2. The van der Waals surface area contributed by atoms with E-state index in [1.165, 1.54) is 24.3 Å². The van der Waals surface area contributed by atoms with E-state index in [1.807, 2.05) is 0 Å². The van der Waals surface area contributed by atoms with Gasteiger partial charge in [-0.1, -0.05) is 11.6 Å². The van der Waals surface area contributed by atoms with Crippen LogP contribution in [0.25, 0.3) is 0 Å². The number of rotatable bonds is 4. The zero-order valence-corrected chi connectivity index (χ0v) is 12.9. The van der Waals surface area contributed by atoms with Crippen LogP contribution in [0.1, 0.15) is 19.3 Å². The first kappa shape index (κ1) is 14.8. The molecule has 0 radical (unpaired) electrons. The number of nitrogens with one attached hydrogen (secondary N) is 1. The standard InChI is InChI=1S/C14H17ClN2O3S/c15-10-3-5-11(6-4-10)21(19,20)17-13-9-2-1-8(7-9)12(13)14(16)18/h3-6,8-9,12-13,17H,1-2,7H2,(H2,16,18)/t8-,9+,12?,13?/m0/s1. The average Bonchev–Trinajstić information content (AvgIpc) is 2.99. The third-order valence-corrected chi connectivity index (χ3v) is 6.39. The van der Waals surface area contributed by atoms with Gasteiger partial charge in [-0.05, 0) is 55.4 Å². The van der Waals surface area contributed by atoms with Gasteiger partial charge in [0.15, 0.2) is 0 Å². The van der Waals surface area contributed by atoms with Crippen molar-refractivity contribution in [3.8, 4) is 0 Å². The van der Waals surface area contributed by atoms with E-state index in [-0.39, 0.29) is 22.8 Å². The van der Waals surface area contributed by atoms with Crippen molar-refractivity contribution >= 4 is 27.5 Å². The lowest BCUT2D eigenvalue weighted by atomic mass is 9.84. The first-order valence-electron chi connectivity index (χ1n) is 6.96. The van der Waals surface area contributed by atoms with E-state index < -0.39 is 21.8 Å². The number of hydrogen-bond acceptors (Lipinski definition) is 3. The average molecular weight is 329 g/mol. The fraction of sp³-hybridized carbons (Fsp3) is 0.500. The number of carbonyl (C=O) groups is 1. The second kappa shape index (κ2) is 5.26. The van der Waals surface area contributed by atoms with Crippen LogP contribution in [-0.2, 0) is 14.8 Å². The molecule has 2 aliphatic carbocycles. The summed E-state index contributed by atoms with van der Waals surface area (Å²) in [5, 5.41) is 0.476. The van der Waals surface area contributed by atoms with Crippen LogP contribution in [0.3, 0.4) is 0 Å². The van der Waals surface area contributed by atoms with Crippen LogP contribution in [0.15, 0.2) is 29.2 Å². The fourth-order valence-corrected chi connectivity index (χ4v) is 5.19. The molecule has 21 heavy (non-hydrogen) atoms. The number of amides is 1. The molecule has 3 rings (SSSR count). The highest BCUT2D eigenvalue weighted by Gasteiger charge is 2.51. The van der Waals surface area contributed by atoms with Crippen molar-refractivity contribution in [2.45, 2.75) is 30.2 Å². The number of halogens is 1. The van der Waals surface area contributed by atoms with Crippen LogP contribution in [0.2, 0.25) is 5.02 Å². The van der Waals surface area contributed by atoms with Crippen LogP contribution in [0.5, 0.6) is 0 Å². The molecule has 2 aliphatic rings. The number of primary amides is 1. The highest BCUT2D eigenvalue weighted by atomic mass is 35.5. The van der Waals surface area contributed by atoms with Gasteiger partial charge in [-0.25, -0.2) is 13.1 Å². The highest BCUT2D eigenvalue weighted by molar-refractivity contribution is 7.89. The van der Waals surface area contributed by atoms with Crippen molar-refractivity contribution in [3.63, 3.8) is 0 Å². The molecule has 1 aromatic carbocycles. The minimum Gasteiger partial charge on any atom is -0.369 e. The van der Waals surface area contributed by atoms with Crippen LogP contribution in [0.4, 0.5) is 0 Å². The van der Waals surface area contributed by atoms with E-state index in [2.05, 4.69) is 4.72 Å². The summed E-state index contributed by atoms with van der Waals surface area (Å²) in [5.41, 5.74) is 5.46. The molecule has 3 N–H and O–H groups in total. The van der Waals surface area contributed by atoms with Crippen LogP contribution in [0, 0.1) is 17.8 Å². The largest absolute Gasteiger partial charge is 0.369 e. The summed E-state index contributed by atoms with van der Waals surface area (Å²) < 4.78 is 27.6. The Morgan fingerprint density at radius 1 is 1.19 bits per heavy atom. The topological polar surface area (TPSA) is 89.3 Å². The highest BCUT2D eigenvalue weighted by Crippen LogP contribution is 2.48. The number of sulfonamides is 1. The van der Waals surface area contributed by atoms with Crippen molar-refractivity contribution in [3.05, 3.63) is 29.3 Å². The maximum Gasteiger partial charge on any atom is 0.240 e. The molecule has 0 aromatic heterocycles. The van der Waals surface area contributed by atoms with Gasteiger partial charge in [-0.2, -0.15) is 0 Å². The monoisotopic (exact) mass is 328 g/mol. The lowest BCUT2D eigenvalue weighted by molar-refractivity contribution is -0.123. The third kappa shape index (κ3) is 2.67. The van der Waals surface area contributed by atoms with Gasteiger partial charge in [0.2, 0.25) is 15.9 Å². The van der Waals surface area contributed by atoms with E-state index >= 15 is 0 Å². The van der Waals surface area contributed by atoms with Gasteiger partial charge >= 0.3 is 0 Å². The molecule has 1 amide bonds. The molecular weight excluding hydrogens is 312 g/mol. The molecular formula is C14H17ClN2O3S. The van der Waals surface area contributed by atoms with E-state index in [4.69, 9.17) is 17.3 Å². The lowest BCUT2D eigenvalue weighted by Gasteiger charge is -2.29. The Hall–Kier alpha value is -1.11. The maximum absolute atomic E-state index is 12.4. The predicted molar refractivity (Wildman–Crippen MR) is 79.1 cm³/mol. The predicted octanol–water partition coefficient (Wildman–Crippen LogP) is 1.52. The molecule has 7 heteroatoms. The molecule has 4 atom stereocenters. The lowest BCUT2D eigenvalue weighted by Crippen LogP contribution is -2.48. The summed E-state index contributed by atoms with van der Waals surface area (Å²) in [6.07, 6.45) is 2.78. The summed E-state index contributed by atoms with van der Waals surface area (Å²) in [4.78, 5) is 11.8. The van der Waals surface area contributed by atoms with Gasteiger partial charge in [0.25, 0.3) is 0 Å². The Morgan fingerprint density at radius 2 is 1.81 bits per heavy atom. The zero-order chi connectivity index (χ0) is 15.2. The van der Waals surface area contributed by atoms with Crippen LogP contribution in [-0.4, -0.2) is 20.4 Å². The summed E-state index contributed by atoms with van der Waals surface area (Å²) in [7, 11) is -3.67. The van der Waals surface area contributed by atoms with Gasteiger partial charge < -0.3 is 5.73 Å². The number of fused-ring (bicyclic) bond motifs is 2. The molecule has 2 saturated carbocycles. The Labute approximate surface area is 128 Å². The number of nitrogens with two attached hydrogens (primary N) is 1. The van der Waals surface area contributed by atoms with E-state index in [0.29, 0.717) is 5.02 Å². The van der Waals surface area contributed by atoms with Crippen molar-refractivity contribution in [1.82, 2.24) is 4.72 Å². The molecule has 0 saturated heterocycles. The van der Waals surface area contributed by atoms with Gasteiger partial charge in [0.05, 0.1) is 10.8 Å². The molecule has 2 bridgehead atoms. The third-order valence-electron chi connectivity index (χ3n) is 4.66. The van der Waals surface area contributed by atoms with Gasteiger partial charge in [-0.3, -0.25) is 4.79 Å². The Morgan fingerprint density at radius 3 is 2.43 bits per heavy atom. The smallest absolute Gasteiger partial charge is 0.240 e. The van der Waals surface area contributed by atoms with Crippen molar-refractivity contribution in [1.29, 1.82) is 0 Å². The number of benzene rings is 1. The quantitative estimate of drug-likeness (QED) is 0.878. The second-order valence-electron chi connectivity index (χ2n) is 5.86. The molecule has 5 nitrogen and oxygen atoms in total. The van der Waals surface area contributed by atoms with E-state index in [9.17, 15) is 13.2 Å². The normalized spacial score (nSPS) is 31.5. The Bertz CT molecular complexity index is 659. The minimum absolute atomic E-state index is 0.151. The van der Waals surface area contributed by atoms with Crippen molar-refractivity contribution in [2.24, 2.45) is 23.5 Å². The molecule has 0 heterocycles. The van der Waals surface area contributed by atoms with Crippen LogP contribution < -0.4 is 10.5 Å². The van der Waals surface area contributed by atoms with Crippen molar-refractivity contribution in [2.75, 3.05) is 0 Å². The zero-order valence-electron chi connectivity index (χ0n) is 11.3. The first-order chi connectivity index (χ1) is 9.88. The maximum atomic E-state index is 12.4. The summed E-state index contributed by atoms with van der Waals surface area (Å²) in [5.74, 6) is -0.392. The molecule has 2 fully saturated rings. The molecule has 114 valence electrons. The molecule has 0 aliphatic heterocycles. The number of carbonyl (C=O) groups excluding carboxylic acids is 1. The fourth-order valence-electron chi connectivity index (χ4n) is 3.73. The van der Waals surface area contributed by atoms with E-state index in [1.54, 1.807) is 0 Å². The van der Waals surface area contributed by atoms with Gasteiger partial charge in [0, 0.05) is 11.1 Å². The number of hydrogen-bond donors (Lipinski definition) is 2. The summed E-state index contributed by atoms with van der Waals surface area (Å²) >= 11 is 5.77. The van der Waals surface area contributed by atoms with Crippen molar-refractivity contribution < 1.29 is 13.2 Å².